The van der Waals surface area contributed by atoms with E-state index in [4.69, 9.17) is 9.47 Å². The SMILES string of the molecule is COC(=O)[C@@H]1O[C@@H]1COCc1ccccc1. The summed E-state index contributed by atoms with van der Waals surface area (Å²) < 4.78 is 15.1. The molecule has 4 nitrogen and oxygen atoms in total. The minimum atomic E-state index is -0.430. The Morgan fingerprint density at radius 1 is 1.38 bits per heavy atom. The largest absolute Gasteiger partial charge is 0.467 e. The number of ether oxygens (including phenoxy) is 3. The number of methoxy groups -OCH3 is 1. The molecule has 1 aliphatic heterocycles. The van der Waals surface area contributed by atoms with Gasteiger partial charge in [0, 0.05) is 0 Å². The van der Waals surface area contributed by atoms with Crippen LogP contribution in [-0.2, 0) is 25.6 Å². The monoisotopic (exact) mass is 222 g/mol. The number of carbonyl (C=O) groups excluding carboxylic acids is 1. The maximum atomic E-state index is 11.0. The molecule has 16 heavy (non-hydrogen) atoms. The van der Waals surface area contributed by atoms with Crippen LogP contribution in [0.15, 0.2) is 30.3 Å². The summed E-state index contributed by atoms with van der Waals surface area (Å²) in [6, 6.07) is 9.87. The fraction of sp³-hybridized carbons (Fsp3) is 0.417. The van der Waals surface area contributed by atoms with Gasteiger partial charge in [0.15, 0.2) is 6.10 Å². The second-order valence-corrected chi connectivity index (χ2v) is 3.62. The summed E-state index contributed by atoms with van der Waals surface area (Å²) in [6.07, 6.45) is -0.572. The Kier molecular flexibility index (Phi) is 3.54. The molecule has 4 heteroatoms. The van der Waals surface area contributed by atoms with Crippen molar-refractivity contribution in [1.29, 1.82) is 0 Å². The number of rotatable bonds is 5. The molecule has 0 spiro atoms. The predicted octanol–water partition coefficient (Wildman–Crippen LogP) is 1.14. The molecular weight excluding hydrogens is 208 g/mol. The van der Waals surface area contributed by atoms with Gasteiger partial charge in [-0.05, 0) is 5.56 Å². The van der Waals surface area contributed by atoms with Gasteiger partial charge in [0.25, 0.3) is 0 Å². The Bertz CT molecular complexity index is 349. The van der Waals surface area contributed by atoms with Gasteiger partial charge in [-0.3, -0.25) is 0 Å². The lowest BCUT2D eigenvalue weighted by Gasteiger charge is -2.01. The van der Waals surface area contributed by atoms with Gasteiger partial charge in [-0.2, -0.15) is 0 Å². The van der Waals surface area contributed by atoms with Crippen molar-refractivity contribution in [3.05, 3.63) is 35.9 Å². The van der Waals surface area contributed by atoms with Crippen molar-refractivity contribution in [3.63, 3.8) is 0 Å². The van der Waals surface area contributed by atoms with E-state index < -0.39 is 6.10 Å². The van der Waals surface area contributed by atoms with Crippen LogP contribution in [0.25, 0.3) is 0 Å². The Morgan fingerprint density at radius 3 is 2.81 bits per heavy atom. The first-order valence-electron chi connectivity index (χ1n) is 5.16. The Labute approximate surface area is 94.1 Å². The van der Waals surface area contributed by atoms with Crippen molar-refractivity contribution in [2.75, 3.05) is 13.7 Å². The number of hydrogen-bond acceptors (Lipinski definition) is 4. The first kappa shape index (κ1) is 11.1. The van der Waals surface area contributed by atoms with Crippen molar-refractivity contribution >= 4 is 5.97 Å². The van der Waals surface area contributed by atoms with Crippen LogP contribution in [-0.4, -0.2) is 31.9 Å². The molecule has 0 bridgehead atoms. The third kappa shape index (κ3) is 2.81. The lowest BCUT2D eigenvalue weighted by atomic mass is 10.2. The molecular formula is C12H14O4. The van der Waals surface area contributed by atoms with Crippen molar-refractivity contribution in [2.24, 2.45) is 0 Å². The van der Waals surface area contributed by atoms with Gasteiger partial charge in [-0.1, -0.05) is 30.3 Å². The van der Waals surface area contributed by atoms with E-state index in [1.807, 2.05) is 30.3 Å². The summed E-state index contributed by atoms with van der Waals surface area (Å²) in [5.41, 5.74) is 1.11. The van der Waals surface area contributed by atoms with E-state index in [0.29, 0.717) is 13.2 Å². The number of esters is 1. The first-order valence-corrected chi connectivity index (χ1v) is 5.16. The van der Waals surface area contributed by atoms with Gasteiger partial charge in [-0.25, -0.2) is 4.79 Å². The standard InChI is InChI=1S/C12H14O4/c1-14-12(13)11-10(16-11)8-15-7-9-5-3-2-4-6-9/h2-6,10-11H,7-8H2,1H3/t10-,11-/m1/s1. The van der Waals surface area contributed by atoms with E-state index in [-0.39, 0.29) is 12.1 Å². The molecule has 0 saturated carbocycles. The highest BCUT2D eigenvalue weighted by Gasteiger charge is 2.46. The molecule has 0 N–H and O–H groups in total. The van der Waals surface area contributed by atoms with Crippen molar-refractivity contribution in [2.45, 2.75) is 18.8 Å². The van der Waals surface area contributed by atoms with Crippen LogP contribution in [0.1, 0.15) is 5.56 Å². The van der Waals surface area contributed by atoms with Crippen LogP contribution in [0.4, 0.5) is 0 Å². The summed E-state index contributed by atoms with van der Waals surface area (Å²) in [4.78, 5) is 11.0. The summed E-state index contributed by atoms with van der Waals surface area (Å²) in [6.45, 7) is 0.962. The minimum Gasteiger partial charge on any atom is -0.467 e. The van der Waals surface area contributed by atoms with Gasteiger partial charge in [-0.15, -0.1) is 0 Å². The van der Waals surface area contributed by atoms with Gasteiger partial charge in [0.2, 0.25) is 0 Å². The highest BCUT2D eigenvalue weighted by atomic mass is 16.7. The van der Waals surface area contributed by atoms with E-state index >= 15 is 0 Å². The molecule has 2 atom stereocenters. The Balaban J connectivity index is 1.65. The molecule has 0 radical (unpaired) electrons. The van der Waals surface area contributed by atoms with Crippen molar-refractivity contribution in [3.8, 4) is 0 Å². The Hall–Kier alpha value is -1.39. The minimum absolute atomic E-state index is 0.142. The quantitative estimate of drug-likeness (QED) is 0.553. The smallest absolute Gasteiger partial charge is 0.337 e. The first-order chi connectivity index (χ1) is 7.81. The number of epoxide rings is 1. The van der Waals surface area contributed by atoms with Gasteiger partial charge < -0.3 is 14.2 Å². The maximum Gasteiger partial charge on any atom is 0.337 e. The second kappa shape index (κ2) is 5.09. The van der Waals surface area contributed by atoms with Crippen molar-refractivity contribution in [1.82, 2.24) is 0 Å². The number of hydrogen-bond donors (Lipinski definition) is 0. The average molecular weight is 222 g/mol. The van der Waals surface area contributed by atoms with Gasteiger partial charge in [0.05, 0.1) is 20.3 Å². The highest BCUT2D eigenvalue weighted by Crippen LogP contribution is 2.23. The fourth-order valence-corrected chi connectivity index (χ4v) is 1.46. The zero-order chi connectivity index (χ0) is 11.4. The van der Waals surface area contributed by atoms with E-state index in [9.17, 15) is 4.79 Å². The topological polar surface area (TPSA) is 48.1 Å². The van der Waals surface area contributed by atoms with Gasteiger partial charge in [0.1, 0.15) is 6.10 Å². The molecule has 1 fully saturated rings. The fourth-order valence-electron chi connectivity index (χ4n) is 1.46. The highest BCUT2D eigenvalue weighted by molar-refractivity contribution is 5.77. The molecule has 1 heterocycles. The molecule has 86 valence electrons. The Morgan fingerprint density at radius 2 is 2.12 bits per heavy atom. The average Bonchev–Trinajstić information content (AvgIpc) is 3.09. The van der Waals surface area contributed by atoms with Crippen LogP contribution in [0.5, 0.6) is 0 Å². The predicted molar refractivity (Wildman–Crippen MR) is 56.8 cm³/mol. The molecule has 1 aromatic carbocycles. The lowest BCUT2D eigenvalue weighted by Crippen LogP contribution is -2.14. The zero-order valence-corrected chi connectivity index (χ0v) is 9.09. The number of benzene rings is 1. The van der Waals surface area contributed by atoms with Crippen LogP contribution >= 0.6 is 0 Å². The molecule has 0 aromatic heterocycles. The summed E-state index contributed by atoms with van der Waals surface area (Å²) in [5, 5.41) is 0. The molecule has 2 rings (SSSR count). The molecule has 1 aromatic rings. The lowest BCUT2D eigenvalue weighted by molar-refractivity contribution is -0.142. The molecule has 0 aliphatic carbocycles. The van der Waals surface area contributed by atoms with E-state index in [0.717, 1.165) is 5.56 Å². The van der Waals surface area contributed by atoms with Crippen LogP contribution in [0.2, 0.25) is 0 Å². The normalized spacial score (nSPS) is 22.8. The molecule has 1 saturated heterocycles. The number of carbonyl (C=O) groups is 1. The van der Waals surface area contributed by atoms with Crippen LogP contribution < -0.4 is 0 Å². The van der Waals surface area contributed by atoms with E-state index in [1.165, 1.54) is 7.11 Å². The van der Waals surface area contributed by atoms with E-state index in [1.54, 1.807) is 0 Å². The second-order valence-electron chi connectivity index (χ2n) is 3.62. The molecule has 0 amide bonds. The summed E-state index contributed by atoms with van der Waals surface area (Å²) in [7, 11) is 1.35. The zero-order valence-electron chi connectivity index (χ0n) is 9.09. The molecule has 1 aliphatic rings. The third-order valence-electron chi connectivity index (χ3n) is 2.41. The van der Waals surface area contributed by atoms with Crippen molar-refractivity contribution < 1.29 is 19.0 Å². The maximum absolute atomic E-state index is 11.0. The summed E-state index contributed by atoms with van der Waals surface area (Å²) in [5.74, 6) is -0.326. The summed E-state index contributed by atoms with van der Waals surface area (Å²) >= 11 is 0. The van der Waals surface area contributed by atoms with E-state index in [2.05, 4.69) is 4.74 Å². The van der Waals surface area contributed by atoms with Crippen LogP contribution in [0, 0.1) is 0 Å². The van der Waals surface area contributed by atoms with Gasteiger partial charge >= 0.3 is 5.97 Å². The molecule has 0 unspecified atom stereocenters. The van der Waals surface area contributed by atoms with Crippen LogP contribution in [0.3, 0.4) is 0 Å². The third-order valence-corrected chi connectivity index (χ3v) is 2.41.